The van der Waals surface area contributed by atoms with Crippen LogP contribution in [0.15, 0.2) is 18.2 Å². The summed E-state index contributed by atoms with van der Waals surface area (Å²) in [5, 5.41) is 9.16. The van der Waals surface area contributed by atoms with Crippen molar-refractivity contribution in [2.45, 2.75) is 31.9 Å². The lowest BCUT2D eigenvalue weighted by Crippen LogP contribution is -2.19. The maximum absolute atomic E-state index is 9.16. The highest BCUT2D eigenvalue weighted by Gasteiger charge is 2.18. The van der Waals surface area contributed by atoms with Crippen molar-refractivity contribution in [3.8, 4) is 0 Å². The Morgan fingerprint density at radius 1 is 1.46 bits per heavy atom. The second-order valence-corrected chi connectivity index (χ2v) is 3.65. The van der Waals surface area contributed by atoms with Gasteiger partial charge >= 0.3 is 0 Å². The Labute approximate surface area is 78.4 Å². The van der Waals surface area contributed by atoms with E-state index in [1.54, 1.807) is 0 Å². The summed E-state index contributed by atoms with van der Waals surface area (Å²) in [7, 11) is 0. The first kappa shape index (κ1) is 8.73. The van der Waals surface area contributed by atoms with Gasteiger partial charge < -0.3 is 10.8 Å². The zero-order chi connectivity index (χ0) is 9.26. The summed E-state index contributed by atoms with van der Waals surface area (Å²) in [6.07, 6.45) is 3.32. The van der Waals surface area contributed by atoms with Gasteiger partial charge in [0.15, 0.2) is 0 Å². The van der Waals surface area contributed by atoms with Gasteiger partial charge in [0.1, 0.15) is 0 Å². The van der Waals surface area contributed by atoms with Gasteiger partial charge in [0.2, 0.25) is 0 Å². The second-order valence-electron chi connectivity index (χ2n) is 3.65. The van der Waals surface area contributed by atoms with Crippen LogP contribution in [0.4, 0.5) is 0 Å². The van der Waals surface area contributed by atoms with E-state index in [9.17, 15) is 0 Å². The Balaban J connectivity index is 2.50. The highest BCUT2D eigenvalue weighted by molar-refractivity contribution is 5.38. The summed E-state index contributed by atoms with van der Waals surface area (Å²) in [5.74, 6) is 0. The molecule has 0 aliphatic heterocycles. The van der Waals surface area contributed by atoms with Crippen LogP contribution in [-0.4, -0.2) is 5.11 Å². The van der Waals surface area contributed by atoms with Gasteiger partial charge in [0, 0.05) is 6.04 Å². The molecular weight excluding hydrogens is 162 g/mol. The van der Waals surface area contributed by atoms with Gasteiger partial charge in [-0.15, -0.1) is 0 Å². The van der Waals surface area contributed by atoms with E-state index in [0.29, 0.717) is 0 Å². The van der Waals surface area contributed by atoms with Gasteiger partial charge in [-0.3, -0.25) is 0 Å². The standard InChI is InChI=1S/C11H15NO/c12-10-6-2-4-8-3-1-5-9(7-13)11(8)10/h1,3,5,10,13H,2,4,6-7,12H2. The van der Waals surface area contributed by atoms with E-state index in [2.05, 4.69) is 6.07 Å². The van der Waals surface area contributed by atoms with Gasteiger partial charge in [-0.05, 0) is 36.0 Å². The minimum atomic E-state index is 0.108. The molecule has 1 unspecified atom stereocenters. The van der Waals surface area contributed by atoms with Crippen LogP contribution in [0.2, 0.25) is 0 Å². The largest absolute Gasteiger partial charge is 0.392 e. The fraction of sp³-hybridized carbons (Fsp3) is 0.455. The van der Waals surface area contributed by atoms with Gasteiger partial charge in [0.25, 0.3) is 0 Å². The van der Waals surface area contributed by atoms with Crippen molar-refractivity contribution in [2.24, 2.45) is 5.73 Å². The Bertz CT molecular complexity index is 295. The van der Waals surface area contributed by atoms with Crippen LogP contribution in [0.1, 0.15) is 35.6 Å². The number of benzene rings is 1. The molecule has 0 aromatic heterocycles. The van der Waals surface area contributed by atoms with Crippen molar-refractivity contribution < 1.29 is 5.11 Å². The number of nitrogens with two attached hydrogens (primary N) is 1. The maximum Gasteiger partial charge on any atom is 0.0685 e. The Morgan fingerprint density at radius 3 is 3.08 bits per heavy atom. The van der Waals surface area contributed by atoms with E-state index in [1.165, 1.54) is 17.5 Å². The van der Waals surface area contributed by atoms with Crippen LogP contribution in [0.3, 0.4) is 0 Å². The lowest BCUT2D eigenvalue weighted by molar-refractivity contribution is 0.279. The van der Waals surface area contributed by atoms with E-state index < -0.39 is 0 Å². The summed E-state index contributed by atoms with van der Waals surface area (Å²) in [6.45, 7) is 0.108. The zero-order valence-corrected chi connectivity index (χ0v) is 7.66. The third-order valence-corrected chi connectivity index (χ3v) is 2.79. The summed E-state index contributed by atoms with van der Waals surface area (Å²) in [4.78, 5) is 0. The zero-order valence-electron chi connectivity index (χ0n) is 7.66. The molecule has 0 bridgehead atoms. The van der Waals surface area contributed by atoms with Crippen LogP contribution in [0.25, 0.3) is 0 Å². The van der Waals surface area contributed by atoms with Crippen molar-refractivity contribution in [1.29, 1.82) is 0 Å². The summed E-state index contributed by atoms with van der Waals surface area (Å²) in [5.41, 5.74) is 9.53. The number of aryl methyl sites for hydroxylation is 1. The third-order valence-electron chi connectivity index (χ3n) is 2.79. The molecule has 13 heavy (non-hydrogen) atoms. The fourth-order valence-electron chi connectivity index (χ4n) is 2.16. The van der Waals surface area contributed by atoms with Crippen molar-refractivity contribution in [1.82, 2.24) is 0 Å². The molecule has 1 atom stereocenters. The van der Waals surface area contributed by atoms with Gasteiger partial charge in [-0.2, -0.15) is 0 Å². The molecule has 2 nitrogen and oxygen atoms in total. The number of aliphatic hydroxyl groups is 1. The molecule has 70 valence electrons. The van der Waals surface area contributed by atoms with Gasteiger partial charge in [-0.1, -0.05) is 18.2 Å². The van der Waals surface area contributed by atoms with E-state index in [1.807, 2.05) is 12.1 Å². The first-order valence-electron chi connectivity index (χ1n) is 4.80. The topological polar surface area (TPSA) is 46.2 Å². The number of rotatable bonds is 1. The molecule has 1 aliphatic rings. The van der Waals surface area contributed by atoms with Crippen LogP contribution in [-0.2, 0) is 13.0 Å². The van der Waals surface area contributed by atoms with Crippen molar-refractivity contribution in [3.63, 3.8) is 0 Å². The van der Waals surface area contributed by atoms with Crippen LogP contribution in [0, 0.1) is 0 Å². The normalized spacial score (nSPS) is 21.2. The Hall–Kier alpha value is -0.860. The first-order valence-corrected chi connectivity index (χ1v) is 4.80. The van der Waals surface area contributed by atoms with Crippen LogP contribution >= 0.6 is 0 Å². The molecule has 2 rings (SSSR count). The second kappa shape index (κ2) is 3.48. The molecule has 0 spiro atoms. The van der Waals surface area contributed by atoms with E-state index in [-0.39, 0.29) is 12.6 Å². The van der Waals surface area contributed by atoms with Gasteiger partial charge in [0.05, 0.1) is 6.61 Å². The predicted octanol–water partition coefficient (Wildman–Crippen LogP) is 1.52. The Kier molecular flexibility index (Phi) is 2.34. The number of hydrogen-bond acceptors (Lipinski definition) is 2. The predicted molar refractivity (Wildman–Crippen MR) is 52.2 cm³/mol. The number of aliphatic hydroxyl groups excluding tert-OH is 1. The minimum absolute atomic E-state index is 0.108. The maximum atomic E-state index is 9.16. The van der Waals surface area contributed by atoms with E-state index in [0.717, 1.165) is 18.4 Å². The van der Waals surface area contributed by atoms with Crippen molar-refractivity contribution >= 4 is 0 Å². The summed E-state index contributed by atoms with van der Waals surface area (Å²) in [6, 6.07) is 6.21. The average molecular weight is 177 g/mol. The number of fused-ring (bicyclic) bond motifs is 1. The molecule has 0 saturated carbocycles. The van der Waals surface area contributed by atoms with E-state index >= 15 is 0 Å². The molecule has 3 N–H and O–H groups in total. The third kappa shape index (κ3) is 1.47. The lowest BCUT2D eigenvalue weighted by Gasteiger charge is -2.24. The van der Waals surface area contributed by atoms with Crippen molar-refractivity contribution in [3.05, 3.63) is 34.9 Å². The minimum Gasteiger partial charge on any atom is -0.392 e. The molecule has 0 heterocycles. The number of hydrogen-bond donors (Lipinski definition) is 2. The van der Waals surface area contributed by atoms with Gasteiger partial charge in [-0.25, -0.2) is 0 Å². The first-order chi connectivity index (χ1) is 6.33. The van der Waals surface area contributed by atoms with Crippen molar-refractivity contribution in [2.75, 3.05) is 0 Å². The fourth-order valence-corrected chi connectivity index (χ4v) is 2.16. The quantitative estimate of drug-likeness (QED) is 0.683. The summed E-state index contributed by atoms with van der Waals surface area (Å²) < 4.78 is 0. The monoisotopic (exact) mass is 177 g/mol. The Morgan fingerprint density at radius 2 is 2.31 bits per heavy atom. The molecule has 0 amide bonds. The highest BCUT2D eigenvalue weighted by Crippen LogP contribution is 2.30. The molecule has 1 aromatic carbocycles. The average Bonchev–Trinajstić information content (AvgIpc) is 2.17. The smallest absolute Gasteiger partial charge is 0.0685 e. The molecular formula is C11H15NO. The highest BCUT2D eigenvalue weighted by atomic mass is 16.3. The summed E-state index contributed by atoms with van der Waals surface area (Å²) >= 11 is 0. The molecule has 1 aromatic rings. The SMILES string of the molecule is NC1CCCc2cccc(CO)c21. The molecule has 0 saturated heterocycles. The molecule has 0 radical (unpaired) electrons. The van der Waals surface area contributed by atoms with Crippen LogP contribution in [0.5, 0.6) is 0 Å². The molecule has 0 fully saturated rings. The lowest BCUT2D eigenvalue weighted by atomic mass is 9.85. The van der Waals surface area contributed by atoms with E-state index in [4.69, 9.17) is 10.8 Å². The molecule has 1 aliphatic carbocycles. The molecule has 2 heteroatoms. The van der Waals surface area contributed by atoms with Crippen LogP contribution < -0.4 is 5.73 Å².